The minimum Gasteiger partial charge on any atom is -0.748 e. The van der Waals surface area contributed by atoms with Crippen LogP contribution in [0.4, 0.5) is 0 Å². The molecule has 0 atom stereocenters. The van der Waals surface area contributed by atoms with Crippen LogP contribution in [0.3, 0.4) is 0 Å². The fraction of sp³-hybridized carbons (Fsp3) is 0.737. The Hall–Kier alpha value is -0.940. The van der Waals surface area contributed by atoms with Gasteiger partial charge in [0.15, 0.2) is 12.4 Å². The van der Waals surface area contributed by atoms with Gasteiger partial charge < -0.3 is 4.55 Å². The summed E-state index contributed by atoms with van der Waals surface area (Å²) >= 11 is 0. The molecule has 0 aromatic carbocycles. The maximum atomic E-state index is 9.08. The summed E-state index contributed by atoms with van der Waals surface area (Å²) in [6, 6.07) is 4.46. The SMILES string of the molecule is CCCCCCCCC[n+]1cccc(CCCC)c1.CS(=O)(=O)[O-]. The first-order valence-corrected chi connectivity index (χ1v) is 11.1. The van der Waals surface area contributed by atoms with Gasteiger partial charge in [-0.3, -0.25) is 0 Å². The highest BCUT2D eigenvalue weighted by molar-refractivity contribution is 7.84. The molecule has 1 heterocycles. The van der Waals surface area contributed by atoms with Crippen molar-refractivity contribution in [3.05, 3.63) is 30.1 Å². The molecule has 0 saturated heterocycles. The van der Waals surface area contributed by atoms with E-state index in [4.69, 9.17) is 13.0 Å². The molecule has 4 nitrogen and oxygen atoms in total. The summed E-state index contributed by atoms with van der Waals surface area (Å²) in [5.41, 5.74) is 1.49. The van der Waals surface area contributed by atoms with E-state index in [-0.39, 0.29) is 0 Å². The number of unbranched alkanes of at least 4 members (excludes halogenated alkanes) is 7. The number of rotatable bonds is 11. The van der Waals surface area contributed by atoms with Crippen LogP contribution < -0.4 is 4.57 Å². The zero-order valence-corrected chi connectivity index (χ0v) is 16.5. The van der Waals surface area contributed by atoms with Crippen LogP contribution in [0.1, 0.15) is 77.2 Å². The molecule has 0 bridgehead atoms. The normalized spacial score (nSPS) is 11.0. The van der Waals surface area contributed by atoms with E-state index in [9.17, 15) is 0 Å². The molecule has 5 heteroatoms. The molecule has 140 valence electrons. The first-order chi connectivity index (χ1) is 11.4. The highest BCUT2D eigenvalue weighted by atomic mass is 32.2. The Morgan fingerprint density at radius 2 is 1.50 bits per heavy atom. The van der Waals surface area contributed by atoms with E-state index >= 15 is 0 Å². The van der Waals surface area contributed by atoms with Gasteiger partial charge in [0.1, 0.15) is 6.54 Å². The van der Waals surface area contributed by atoms with E-state index in [1.165, 1.54) is 76.3 Å². The van der Waals surface area contributed by atoms with Gasteiger partial charge in [-0.2, -0.15) is 0 Å². The average molecular weight is 358 g/mol. The maximum absolute atomic E-state index is 9.08. The summed E-state index contributed by atoms with van der Waals surface area (Å²) in [7, 11) is -3.92. The van der Waals surface area contributed by atoms with E-state index in [1.807, 2.05) is 0 Å². The molecule has 0 N–H and O–H groups in total. The number of hydrogen-bond acceptors (Lipinski definition) is 3. The van der Waals surface area contributed by atoms with Crippen molar-refractivity contribution in [1.29, 1.82) is 0 Å². The third kappa shape index (κ3) is 17.4. The lowest BCUT2D eigenvalue weighted by Crippen LogP contribution is -2.33. The first kappa shape index (κ1) is 23.1. The Kier molecular flexibility index (Phi) is 13.8. The van der Waals surface area contributed by atoms with Crippen molar-refractivity contribution in [1.82, 2.24) is 0 Å². The zero-order valence-electron chi connectivity index (χ0n) is 15.7. The Morgan fingerprint density at radius 1 is 0.958 bits per heavy atom. The van der Waals surface area contributed by atoms with Gasteiger partial charge in [-0.05, 0) is 25.3 Å². The van der Waals surface area contributed by atoms with Crippen LogP contribution in [0, 0.1) is 0 Å². The quantitative estimate of drug-likeness (QED) is 0.338. The highest BCUT2D eigenvalue weighted by Gasteiger charge is 2.02. The van der Waals surface area contributed by atoms with Crippen molar-refractivity contribution in [3.8, 4) is 0 Å². The molecule has 1 aromatic heterocycles. The van der Waals surface area contributed by atoms with Crippen molar-refractivity contribution < 1.29 is 17.5 Å². The number of nitrogens with zero attached hydrogens (tertiary/aromatic N) is 1. The molecule has 0 amide bonds. The molecular weight excluding hydrogens is 322 g/mol. The molecule has 0 unspecified atom stereocenters. The zero-order chi connectivity index (χ0) is 18.3. The largest absolute Gasteiger partial charge is 0.748 e. The van der Waals surface area contributed by atoms with Gasteiger partial charge in [0, 0.05) is 24.3 Å². The van der Waals surface area contributed by atoms with Gasteiger partial charge in [-0.25, -0.2) is 13.0 Å². The van der Waals surface area contributed by atoms with Crippen molar-refractivity contribution in [2.75, 3.05) is 6.26 Å². The summed E-state index contributed by atoms with van der Waals surface area (Å²) in [4.78, 5) is 0. The summed E-state index contributed by atoms with van der Waals surface area (Å²) in [6.45, 7) is 5.73. The minimum absolute atomic E-state index is 0.604. The van der Waals surface area contributed by atoms with Gasteiger partial charge in [0.2, 0.25) is 0 Å². The number of hydrogen-bond donors (Lipinski definition) is 0. The second-order valence-electron chi connectivity index (χ2n) is 6.38. The van der Waals surface area contributed by atoms with Crippen molar-refractivity contribution >= 4 is 10.1 Å². The molecule has 0 aliphatic heterocycles. The monoisotopic (exact) mass is 357 g/mol. The van der Waals surface area contributed by atoms with E-state index in [2.05, 4.69) is 42.9 Å². The Morgan fingerprint density at radius 3 is 2.08 bits per heavy atom. The smallest absolute Gasteiger partial charge is 0.171 e. The summed E-state index contributed by atoms with van der Waals surface area (Å²) in [6.07, 6.45) is 18.7. The minimum atomic E-state index is -3.92. The summed E-state index contributed by atoms with van der Waals surface area (Å²) in [5, 5.41) is 0. The average Bonchev–Trinajstić information content (AvgIpc) is 2.51. The van der Waals surface area contributed by atoms with Crippen molar-refractivity contribution in [2.45, 2.75) is 84.6 Å². The lowest BCUT2D eigenvalue weighted by molar-refractivity contribution is -0.697. The van der Waals surface area contributed by atoms with Crippen LogP contribution >= 0.6 is 0 Å². The van der Waals surface area contributed by atoms with Crippen LogP contribution in [-0.4, -0.2) is 19.2 Å². The van der Waals surface area contributed by atoms with Crippen LogP contribution in [0.2, 0.25) is 0 Å². The maximum Gasteiger partial charge on any atom is 0.171 e. The predicted molar refractivity (Wildman–Crippen MR) is 98.9 cm³/mol. The lowest BCUT2D eigenvalue weighted by Gasteiger charge is -2.01. The molecule has 1 rings (SSSR count). The molecule has 24 heavy (non-hydrogen) atoms. The standard InChI is InChI=1S/C18H32N.CH4O3S/c1-3-5-7-8-9-10-11-15-19-16-12-14-18(17-19)13-6-4-2;1-5(2,3)4/h12,14,16-17H,3-11,13,15H2,1-2H3;1H3,(H,2,3,4)/q+1;/p-1. The number of aryl methyl sites for hydroxylation is 2. The molecule has 0 radical (unpaired) electrons. The van der Waals surface area contributed by atoms with Crippen LogP contribution in [0.25, 0.3) is 0 Å². The van der Waals surface area contributed by atoms with Gasteiger partial charge in [0.05, 0.1) is 10.1 Å². The third-order valence-corrected chi connectivity index (χ3v) is 3.76. The Labute approximate surface area is 149 Å². The predicted octanol–water partition coefficient (Wildman–Crippen LogP) is 4.23. The molecule has 0 spiro atoms. The van der Waals surface area contributed by atoms with E-state index in [1.54, 1.807) is 0 Å². The molecule has 0 aliphatic rings. The van der Waals surface area contributed by atoms with Crippen molar-refractivity contribution in [2.24, 2.45) is 0 Å². The van der Waals surface area contributed by atoms with E-state index in [0.29, 0.717) is 6.26 Å². The molecule has 1 aromatic rings. The molecular formula is C19H35NO3S. The fourth-order valence-electron chi connectivity index (χ4n) is 2.50. The first-order valence-electron chi connectivity index (χ1n) is 9.25. The topological polar surface area (TPSA) is 61.1 Å². The third-order valence-electron chi connectivity index (χ3n) is 3.76. The van der Waals surface area contributed by atoms with Crippen LogP contribution in [-0.2, 0) is 23.1 Å². The van der Waals surface area contributed by atoms with Gasteiger partial charge in [0.25, 0.3) is 0 Å². The van der Waals surface area contributed by atoms with Crippen LogP contribution in [0.5, 0.6) is 0 Å². The number of pyridine rings is 1. The van der Waals surface area contributed by atoms with Gasteiger partial charge >= 0.3 is 0 Å². The lowest BCUT2D eigenvalue weighted by atomic mass is 10.1. The highest BCUT2D eigenvalue weighted by Crippen LogP contribution is 2.07. The molecule has 0 fully saturated rings. The second-order valence-corrected chi connectivity index (χ2v) is 7.79. The van der Waals surface area contributed by atoms with Gasteiger partial charge in [-0.1, -0.05) is 52.4 Å². The second kappa shape index (κ2) is 14.4. The van der Waals surface area contributed by atoms with Gasteiger partial charge in [-0.15, -0.1) is 0 Å². The fourth-order valence-corrected chi connectivity index (χ4v) is 2.50. The van der Waals surface area contributed by atoms with Crippen LogP contribution in [0.15, 0.2) is 24.5 Å². The number of aromatic nitrogens is 1. The van der Waals surface area contributed by atoms with E-state index in [0.717, 1.165) is 0 Å². The molecule has 0 saturated carbocycles. The van der Waals surface area contributed by atoms with Crippen molar-refractivity contribution in [3.63, 3.8) is 0 Å². The summed E-state index contributed by atoms with van der Waals surface area (Å²) in [5.74, 6) is 0. The molecule has 0 aliphatic carbocycles. The Balaban J connectivity index is 0.000000922. The van der Waals surface area contributed by atoms with E-state index < -0.39 is 10.1 Å². The Bertz CT molecular complexity index is 507. The summed E-state index contributed by atoms with van der Waals surface area (Å²) < 4.78 is 29.6.